The lowest BCUT2D eigenvalue weighted by Crippen LogP contribution is -2.32. The van der Waals surface area contributed by atoms with Gasteiger partial charge in [-0.2, -0.15) is 5.10 Å². The van der Waals surface area contributed by atoms with Crippen LogP contribution in [0.25, 0.3) is 0 Å². The van der Waals surface area contributed by atoms with E-state index < -0.39 is 11.8 Å². The zero-order valence-corrected chi connectivity index (χ0v) is 19.9. The monoisotopic (exact) mass is 472 g/mol. The van der Waals surface area contributed by atoms with Gasteiger partial charge in [-0.3, -0.25) is 14.4 Å². The van der Waals surface area contributed by atoms with E-state index in [2.05, 4.69) is 21.2 Å². The van der Waals surface area contributed by atoms with Crippen LogP contribution in [0.5, 0.6) is 5.75 Å². The number of nitrogens with zero attached hydrogens (tertiary/aromatic N) is 1. The van der Waals surface area contributed by atoms with E-state index in [-0.39, 0.29) is 18.6 Å². The van der Waals surface area contributed by atoms with Crippen LogP contribution >= 0.6 is 0 Å². The van der Waals surface area contributed by atoms with Gasteiger partial charge < -0.3 is 15.4 Å². The minimum Gasteiger partial charge on any atom is -0.484 e. The molecular weight excluding hydrogens is 444 g/mol. The number of amides is 3. The van der Waals surface area contributed by atoms with Gasteiger partial charge in [0.05, 0.1) is 12.3 Å². The SMILES string of the molecule is Cc1ccc(C)c(NC(=O)C(=O)N/N=C\c2ccc(OCC(=O)N[C@H](C)c3ccccc3)cc2)c1. The molecule has 0 saturated heterocycles. The Balaban J connectivity index is 1.43. The molecule has 0 aliphatic heterocycles. The van der Waals surface area contributed by atoms with Gasteiger partial charge in [0.15, 0.2) is 6.61 Å². The van der Waals surface area contributed by atoms with Gasteiger partial charge in [-0.05, 0) is 73.4 Å². The van der Waals surface area contributed by atoms with Crippen LogP contribution in [0.2, 0.25) is 0 Å². The fourth-order valence-electron chi connectivity index (χ4n) is 3.17. The first-order chi connectivity index (χ1) is 16.8. The fraction of sp³-hybridized carbons (Fsp3) is 0.185. The molecule has 3 aromatic carbocycles. The Labute approximate surface area is 204 Å². The van der Waals surface area contributed by atoms with Gasteiger partial charge in [0.2, 0.25) is 0 Å². The second kappa shape index (κ2) is 12.1. The number of rotatable bonds is 8. The van der Waals surface area contributed by atoms with Crippen LogP contribution in [0.4, 0.5) is 5.69 Å². The number of aryl methyl sites for hydroxylation is 2. The van der Waals surface area contributed by atoms with Crippen LogP contribution in [-0.4, -0.2) is 30.5 Å². The summed E-state index contributed by atoms with van der Waals surface area (Å²) in [6, 6.07) is 21.9. The number of carbonyl (C=O) groups excluding carboxylic acids is 3. The molecule has 35 heavy (non-hydrogen) atoms. The molecule has 0 spiro atoms. The van der Waals surface area contributed by atoms with Gasteiger partial charge in [-0.1, -0.05) is 42.5 Å². The van der Waals surface area contributed by atoms with Gasteiger partial charge in [-0.15, -0.1) is 0 Å². The third-order valence-electron chi connectivity index (χ3n) is 5.15. The molecule has 0 heterocycles. The van der Waals surface area contributed by atoms with Crippen molar-refractivity contribution in [3.05, 3.63) is 95.1 Å². The van der Waals surface area contributed by atoms with E-state index in [0.717, 1.165) is 16.7 Å². The second-order valence-corrected chi connectivity index (χ2v) is 8.03. The van der Waals surface area contributed by atoms with Crippen molar-refractivity contribution in [3.8, 4) is 5.75 Å². The summed E-state index contributed by atoms with van der Waals surface area (Å²) >= 11 is 0. The first kappa shape index (κ1) is 25.2. The van der Waals surface area contributed by atoms with E-state index in [9.17, 15) is 14.4 Å². The highest BCUT2D eigenvalue weighted by atomic mass is 16.5. The van der Waals surface area contributed by atoms with Gasteiger partial charge in [-0.25, -0.2) is 5.43 Å². The largest absolute Gasteiger partial charge is 0.484 e. The molecule has 0 aliphatic carbocycles. The van der Waals surface area contributed by atoms with E-state index in [1.165, 1.54) is 6.21 Å². The maximum Gasteiger partial charge on any atom is 0.329 e. The zero-order valence-electron chi connectivity index (χ0n) is 19.9. The van der Waals surface area contributed by atoms with Gasteiger partial charge in [0.25, 0.3) is 5.91 Å². The van der Waals surface area contributed by atoms with Crippen molar-refractivity contribution in [1.82, 2.24) is 10.7 Å². The maximum absolute atomic E-state index is 12.1. The second-order valence-electron chi connectivity index (χ2n) is 8.03. The van der Waals surface area contributed by atoms with Crippen LogP contribution < -0.4 is 20.8 Å². The molecule has 0 aromatic heterocycles. The van der Waals surface area contributed by atoms with Crippen LogP contribution in [0.15, 0.2) is 77.9 Å². The zero-order chi connectivity index (χ0) is 25.2. The normalized spacial score (nSPS) is 11.5. The summed E-state index contributed by atoms with van der Waals surface area (Å²) < 4.78 is 5.53. The quantitative estimate of drug-likeness (QED) is 0.264. The van der Waals surface area contributed by atoms with Gasteiger partial charge in [0, 0.05) is 5.69 Å². The Morgan fingerprint density at radius 1 is 0.943 bits per heavy atom. The predicted octanol–water partition coefficient (Wildman–Crippen LogP) is 3.65. The number of benzene rings is 3. The van der Waals surface area contributed by atoms with Crippen molar-refractivity contribution in [1.29, 1.82) is 0 Å². The minimum atomic E-state index is -0.877. The molecule has 3 N–H and O–H groups in total. The summed E-state index contributed by atoms with van der Waals surface area (Å²) in [5.41, 5.74) is 6.30. The number of carbonyl (C=O) groups is 3. The average Bonchev–Trinajstić information content (AvgIpc) is 2.86. The van der Waals surface area contributed by atoms with E-state index >= 15 is 0 Å². The molecule has 3 aromatic rings. The van der Waals surface area contributed by atoms with Crippen molar-refractivity contribution in [2.45, 2.75) is 26.8 Å². The van der Waals surface area contributed by atoms with Crippen molar-refractivity contribution in [3.63, 3.8) is 0 Å². The number of ether oxygens (including phenoxy) is 1. The Kier molecular flexibility index (Phi) is 8.72. The summed E-state index contributed by atoms with van der Waals surface area (Å²) in [7, 11) is 0. The average molecular weight is 473 g/mol. The maximum atomic E-state index is 12.1. The van der Waals surface area contributed by atoms with E-state index in [1.807, 2.05) is 63.2 Å². The molecule has 3 rings (SSSR count). The lowest BCUT2D eigenvalue weighted by Gasteiger charge is -2.14. The fourth-order valence-corrected chi connectivity index (χ4v) is 3.17. The summed E-state index contributed by atoms with van der Waals surface area (Å²) in [6.45, 7) is 5.54. The molecule has 8 nitrogen and oxygen atoms in total. The van der Waals surface area contributed by atoms with Crippen molar-refractivity contribution < 1.29 is 19.1 Å². The molecular formula is C27H28N4O4. The highest BCUT2D eigenvalue weighted by Gasteiger charge is 2.14. The number of nitrogens with one attached hydrogen (secondary N) is 3. The molecule has 0 saturated carbocycles. The molecule has 0 fully saturated rings. The third kappa shape index (κ3) is 7.82. The lowest BCUT2D eigenvalue weighted by atomic mass is 10.1. The summed E-state index contributed by atoms with van der Waals surface area (Å²) in [5, 5.41) is 9.28. The van der Waals surface area contributed by atoms with Crippen LogP contribution in [0, 0.1) is 13.8 Å². The summed E-state index contributed by atoms with van der Waals surface area (Å²) in [6.07, 6.45) is 1.40. The first-order valence-electron chi connectivity index (χ1n) is 11.1. The lowest BCUT2D eigenvalue weighted by molar-refractivity contribution is -0.136. The van der Waals surface area contributed by atoms with E-state index in [0.29, 0.717) is 17.0 Å². The van der Waals surface area contributed by atoms with Crippen LogP contribution in [0.1, 0.15) is 35.2 Å². The van der Waals surface area contributed by atoms with Crippen molar-refractivity contribution in [2.75, 3.05) is 11.9 Å². The van der Waals surface area contributed by atoms with Crippen molar-refractivity contribution in [2.24, 2.45) is 5.10 Å². The van der Waals surface area contributed by atoms with E-state index in [1.54, 1.807) is 30.3 Å². The van der Waals surface area contributed by atoms with Crippen LogP contribution in [0.3, 0.4) is 0 Å². The molecule has 0 aliphatic rings. The Hall–Kier alpha value is -4.46. The van der Waals surface area contributed by atoms with Gasteiger partial charge >= 0.3 is 11.8 Å². The molecule has 0 unspecified atom stereocenters. The smallest absolute Gasteiger partial charge is 0.329 e. The van der Waals surface area contributed by atoms with Crippen LogP contribution in [-0.2, 0) is 14.4 Å². The summed E-state index contributed by atoms with van der Waals surface area (Å²) in [4.78, 5) is 36.2. The topological polar surface area (TPSA) is 109 Å². The molecule has 180 valence electrons. The van der Waals surface area contributed by atoms with Gasteiger partial charge in [0.1, 0.15) is 5.75 Å². The molecule has 1 atom stereocenters. The van der Waals surface area contributed by atoms with Crippen molar-refractivity contribution >= 4 is 29.6 Å². The number of hydrazone groups is 1. The number of hydrogen-bond acceptors (Lipinski definition) is 5. The Morgan fingerprint density at radius 2 is 1.66 bits per heavy atom. The number of anilines is 1. The standard InChI is InChI=1S/C27H28N4O4/c1-18-9-10-19(2)24(15-18)30-26(33)27(34)31-28-16-21-11-13-23(14-12-21)35-17-25(32)29-20(3)22-7-5-4-6-8-22/h4-16,20H,17H2,1-3H3,(H,29,32)(H,30,33)(H,31,34)/b28-16-/t20-/m1/s1. The molecule has 0 bridgehead atoms. The predicted molar refractivity (Wildman–Crippen MR) is 135 cm³/mol. The highest BCUT2D eigenvalue weighted by molar-refractivity contribution is 6.39. The Bertz CT molecular complexity index is 1210. The first-order valence-corrected chi connectivity index (χ1v) is 11.1. The molecule has 3 amide bonds. The molecule has 8 heteroatoms. The third-order valence-corrected chi connectivity index (χ3v) is 5.15. The minimum absolute atomic E-state index is 0.115. The van der Waals surface area contributed by atoms with E-state index in [4.69, 9.17) is 4.74 Å². The highest BCUT2D eigenvalue weighted by Crippen LogP contribution is 2.16. The Morgan fingerprint density at radius 3 is 2.37 bits per heavy atom. The molecule has 0 radical (unpaired) electrons. The summed E-state index contributed by atoms with van der Waals surface area (Å²) in [5.74, 6) is -1.40. The number of hydrogen-bond donors (Lipinski definition) is 3.